The van der Waals surface area contributed by atoms with E-state index < -0.39 is 0 Å². The summed E-state index contributed by atoms with van der Waals surface area (Å²) in [5.74, 6) is 0.220. The molecule has 0 N–H and O–H groups in total. The fourth-order valence-electron chi connectivity index (χ4n) is 2.48. The molecule has 0 aliphatic rings. The number of carbonyl (C=O) groups excluding carboxylic acids is 2. The summed E-state index contributed by atoms with van der Waals surface area (Å²) in [6.07, 6.45) is 0. The number of ether oxygens (including phenoxy) is 1. The molecule has 4 heteroatoms. The van der Waals surface area contributed by atoms with Gasteiger partial charge < -0.3 is 9.30 Å². The molecular weight excluding hydrogens is 290 g/mol. The Morgan fingerprint density at radius 3 is 2.22 bits per heavy atom. The molecular formula is C19H15NO3. The van der Waals surface area contributed by atoms with Gasteiger partial charge in [0, 0.05) is 18.7 Å². The number of aromatic nitrogens is 1. The minimum atomic E-state index is -0.118. The molecule has 1 heterocycles. The van der Waals surface area contributed by atoms with Crippen LogP contribution in [0.25, 0.3) is 11.1 Å². The molecule has 0 amide bonds. The molecule has 0 radical (unpaired) electrons. The summed E-state index contributed by atoms with van der Waals surface area (Å²) in [4.78, 5) is 23.0. The Hall–Kier alpha value is -3.14. The predicted molar refractivity (Wildman–Crippen MR) is 87.4 cm³/mol. The van der Waals surface area contributed by atoms with Crippen molar-refractivity contribution in [3.8, 4) is 17.0 Å². The first kappa shape index (κ1) is 14.8. The normalized spacial score (nSPS) is 10.3. The van der Waals surface area contributed by atoms with Crippen LogP contribution >= 0.6 is 0 Å². The Morgan fingerprint density at radius 2 is 1.57 bits per heavy atom. The van der Waals surface area contributed by atoms with Gasteiger partial charge in [-0.3, -0.25) is 9.59 Å². The Balaban J connectivity index is 1.87. The lowest BCUT2D eigenvalue weighted by molar-refractivity contribution is -0.121. The number of carbonyl (C=O) groups is 2. The van der Waals surface area contributed by atoms with Crippen LogP contribution in [0.4, 0.5) is 0 Å². The van der Waals surface area contributed by atoms with Crippen LogP contribution < -0.4 is 4.74 Å². The van der Waals surface area contributed by atoms with Crippen LogP contribution in [0.15, 0.2) is 66.7 Å². The second-order valence-corrected chi connectivity index (χ2v) is 5.10. The van der Waals surface area contributed by atoms with Crippen molar-refractivity contribution in [1.29, 1.82) is 0 Å². The lowest BCUT2D eigenvalue weighted by Crippen LogP contribution is -2.08. The van der Waals surface area contributed by atoms with Crippen LogP contribution in [0.3, 0.4) is 0 Å². The molecule has 114 valence electrons. The Morgan fingerprint density at radius 1 is 0.913 bits per heavy atom. The quantitative estimate of drug-likeness (QED) is 0.536. The predicted octanol–water partition coefficient (Wildman–Crippen LogP) is 3.46. The minimum Gasteiger partial charge on any atom is -0.412 e. The monoisotopic (exact) mass is 305 g/mol. The average molecular weight is 305 g/mol. The van der Waals surface area contributed by atoms with Crippen LogP contribution in [0.1, 0.15) is 16.1 Å². The fourth-order valence-corrected chi connectivity index (χ4v) is 2.48. The highest BCUT2D eigenvalue weighted by molar-refractivity contribution is 6.08. The maximum Gasteiger partial charge on any atom is 0.299 e. The smallest absolute Gasteiger partial charge is 0.299 e. The Labute approximate surface area is 133 Å². The molecule has 0 unspecified atom stereocenters. The van der Waals surface area contributed by atoms with E-state index in [0.717, 1.165) is 11.1 Å². The van der Waals surface area contributed by atoms with Gasteiger partial charge >= 0.3 is 0 Å². The van der Waals surface area contributed by atoms with Crippen molar-refractivity contribution in [2.45, 2.75) is 0 Å². The van der Waals surface area contributed by atoms with Crippen molar-refractivity contribution in [1.82, 2.24) is 4.57 Å². The molecule has 0 aliphatic carbocycles. The summed E-state index contributed by atoms with van der Waals surface area (Å²) >= 11 is 0. The highest BCUT2D eigenvalue weighted by atomic mass is 16.5. The fraction of sp³-hybridized carbons (Fsp3) is 0.0526. The van der Waals surface area contributed by atoms with Gasteiger partial charge in [0.25, 0.3) is 6.47 Å². The van der Waals surface area contributed by atoms with Gasteiger partial charge in [-0.2, -0.15) is 0 Å². The Kier molecular flexibility index (Phi) is 4.06. The standard InChI is InChI=1S/C19H15NO3/c1-20-17(11-12-18(20)23-13-21)19(22)16-9-7-15(8-10-16)14-5-3-2-4-6-14/h2-13H,1H3. The van der Waals surface area contributed by atoms with E-state index in [1.807, 2.05) is 42.5 Å². The average Bonchev–Trinajstić information content (AvgIpc) is 2.96. The molecule has 0 bridgehead atoms. The van der Waals surface area contributed by atoms with Crippen molar-refractivity contribution in [2.75, 3.05) is 0 Å². The van der Waals surface area contributed by atoms with Crippen molar-refractivity contribution in [3.05, 3.63) is 78.0 Å². The highest BCUT2D eigenvalue weighted by Gasteiger charge is 2.15. The largest absolute Gasteiger partial charge is 0.412 e. The van der Waals surface area contributed by atoms with E-state index in [1.165, 1.54) is 0 Å². The van der Waals surface area contributed by atoms with E-state index in [2.05, 4.69) is 0 Å². The van der Waals surface area contributed by atoms with E-state index in [0.29, 0.717) is 23.6 Å². The molecule has 1 aromatic heterocycles. The van der Waals surface area contributed by atoms with Gasteiger partial charge in [0.15, 0.2) is 0 Å². The van der Waals surface area contributed by atoms with Gasteiger partial charge in [-0.15, -0.1) is 0 Å². The molecule has 3 rings (SSSR count). The molecule has 0 saturated heterocycles. The summed E-state index contributed by atoms with van der Waals surface area (Å²) in [7, 11) is 1.68. The molecule has 0 atom stereocenters. The third-order valence-corrected chi connectivity index (χ3v) is 3.73. The van der Waals surface area contributed by atoms with Crippen LogP contribution in [0.2, 0.25) is 0 Å². The molecule has 0 saturated carbocycles. The maximum absolute atomic E-state index is 12.6. The van der Waals surface area contributed by atoms with E-state index in [1.54, 1.807) is 35.9 Å². The first-order valence-corrected chi connectivity index (χ1v) is 7.17. The zero-order chi connectivity index (χ0) is 16.2. The summed E-state index contributed by atoms with van der Waals surface area (Å²) in [5, 5.41) is 0. The SMILES string of the molecule is Cn1c(OC=O)ccc1C(=O)c1ccc(-c2ccccc2)cc1. The molecule has 0 aliphatic heterocycles. The lowest BCUT2D eigenvalue weighted by atomic mass is 10.0. The summed E-state index contributed by atoms with van der Waals surface area (Å²) in [6.45, 7) is 0.345. The topological polar surface area (TPSA) is 48.3 Å². The number of rotatable bonds is 5. The van der Waals surface area contributed by atoms with Gasteiger partial charge in [0.1, 0.15) is 0 Å². The lowest BCUT2D eigenvalue weighted by Gasteiger charge is -2.06. The third-order valence-electron chi connectivity index (χ3n) is 3.73. The van der Waals surface area contributed by atoms with Crippen LogP contribution in [0, 0.1) is 0 Å². The zero-order valence-electron chi connectivity index (χ0n) is 12.6. The molecule has 23 heavy (non-hydrogen) atoms. The summed E-state index contributed by atoms with van der Waals surface area (Å²) < 4.78 is 6.37. The van der Waals surface area contributed by atoms with Crippen molar-refractivity contribution < 1.29 is 14.3 Å². The van der Waals surface area contributed by atoms with Crippen LogP contribution in [0.5, 0.6) is 5.88 Å². The molecule has 2 aromatic carbocycles. The summed E-state index contributed by atoms with van der Waals surface area (Å²) in [5.41, 5.74) is 3.21. The van der Waals surface area contributed by atoms with Crippen molar-refractivity contribution in [2.24, 2.45) is 7.05 Å². The first-order chi connectivity index (χ1) is 11.2. The molecule has 0 spiro atoms. The molecule has 4 nitrogen and oxygen atoms in total. The third kappa shape index (κ3) is 2.92. The van der Waals surface area contributed by atoms with Gasteiger partial charge in [-0.25, -0.2) is 0 Å². The highest BCUT2D eigenvalue weighted by Crippen LogP contribution is 2.22. The van der Waals surface area contributed by atoms with E-state index >= 15 is 0 Å². The number of ketones is 1. The summed E-state index contributed by atoms with van der Waals surface area (Å²) in [6, 6.07) is 20.7. The van der Waals surface area contributed by atoms with E-state index in [-0.39, 0.29) is 5.78 Å². The zero-order valence-corrected chi connectivity index (χ0v) is 12.6. The second-order valence-electron chi connectivity index (χ2n) is 5.10. The van der Waals surface area contributed by atoms with Crippen molar-refractivity contribution in [3.63, 3.8) is 0 Å². The Bertz CT molecular complexity index is 833. The maximum atomic E-state index is 12.6. The van der Waals surface area contributed by atoms with Crippen LogP contribution in [-0.4, -0.2) is 16.8 Å². The van der Waals surface area contributed by atoms with Gasteiger partial charge in [0.05, 0.1) is 5.69 Å². The minimum absolute atomic E-state index is 0.118. The van der Waals surface area contributed by atoms with E-state index in [4.69, 9.17) is 4.74 Å². The number of hydrogen-bond donors (Lipinski definition) is 0. The van der Waals surface area contributed by atoms with Gasteiger partial charge in [0.2, 0.25) is 11.7 Å². The molecule has 0 fully saturated rings. The van der Waals surface area contributed by atoms with Gasteiger partial charge in [-0.1, -0.05) is 54.6 Å². The molecule has 3 aromatic rings. The van der Waals surface area contributed by atoms with Gasteiger partial charge in [-0.05, 0) is 17.2 Å². The van der Waals surface area contributed by atoms with Crippen molar-refractivity contribution >= 4 is 12.3 Å². The van der Waals surface area contributed by atoms with Crippen LogP contribution in [-0.2, 0) is 11.8 Å². The number of nitrogens with zero attached hydrogens (tertiary/aromatic N) is 1. The number of hydrogen-bond acceptors (Lipinski definition) is 3. The second kappa shape index (κ2) is 6.32. The number of benzene rings is 2. The first-order valence-electron chi connectivity index (χ1n) is 7.17. The van der Waals surface area contributed by atoms with E-state index in [9.17, 15) is 9.59 Å².